The molecule has 9 rings (SSSR count). The Balaban J connectivity index is 0.00000920. The second-order valence-corrected chi connectivity index (χ2v) is 28.7. The van der Waals surface area contributed by atoms with E-state index in [1.54, 1.807) is 26.0 Å². The number of Topliss-reactive ketones (excluding diaryl/α,β-unsaturated/α-hetero) is 1. The van der Waals surface area contributed by atoms with E-state index >= 15 is 0 Å². The number of thiophene rings is 1. The number of ketones is 1. The molecule has 0 atom stereocenters. The highest BCUT2D eigenvalue weighted by Gasteiger charge is 2.41. The minimum atomic E-state index is -2.17. The van der Waals surface area contributed by atoms with Crippen molar-refractivity contribution in [1.29, 1.82) is 0 Å². The number of anilines is 1. The van der Waals surface area contributed by atoms with Crippen LogP contribution in [-0.4, -0.2) is 122 Å². The Morgan fingerprint density at radius 2 is 1.23 bits per heavy atom. The Morgan fingerprint density at radius 3 is 1.81 bits per heavy atom. The molecule has 11 nitrogen and oxygen atoms in total. The number of carbonyl (C=O) groups is 2. The molecule has 15 heteroatoms. The normalized spacial score (nSPS) is 13.4. The van der Waals surface area contributed by atoms with E-state index in [1.807, 2.05) is 47.7 Å². The lowest BCUT2D eigenvalue weighted by atomic mass is 9.77. The molecule has 0 bridgehead atoms. The maximum Gasteiger partial charge on any atom is 0.488 e. The van der Waals surface area contributed by atoms with Crippen molar-refractivity contribution in [3.05, 3.63) is 207 Å². The van der Waals surface area contributed by atoms with Crippen LogP contribution in [0.3, 0.4) is 0 Å². The molecule has 0 fully saturated rings. The Kier molecular flexibility index (Phi) is 20.5. The lowest BCUT2D eigenvalue weighted by molar-refractivity contribution is -0.462. The minimum absolute atomic E-state index is 0. The Labute approximate surface area is 503 Å². The van der Waals surface area contributed by atoms with Gasteiger partial charge < -0.3 is 30.3 Å². The lowest BCUT2D eigenvalue weighted by Gasteiger charge is -2.37. The number of fused-ring (bicyclic) bond motifs is 4. The maximum atomic E-state index is 12.8. The van der Waals surface area contributed by atoms with Crippen molar-refractivity contribution in [2.24, 2.45) is 0 Å². The predicted molar refractivity (Wildman–Crippen MR) is 357 cm³/mol. The van der Waals surface area contributed by atoms with Crippen LogP contribution in [0.4, 0.5) is 5.69 Å². The number of hydrogen-bond donors (Lipinski definition) is 5. The summed E-state index contributed by atoms with van der Waals surface area (Å²) in [5, 5.41) is 52.5. The molecule has 434 valence electrons. The van der Waals surface area contributed by atoms with Gasteiger partial charge in [0.25, 0.3) is 0 Å². The van der Waals surface area contributed by atoms with Crippen molar-refractivity contribution in [2.75, 3.05) is 52.7 Å². The van der Waals surface area contributed by atoms with E-state index in [4.69, 9.17) is 0 Å². The van der Waals surface area contributed by atoms with Crippen molar-refractivity contribution in [2.45, 2.75) is 86.2 Å². The van der Waals surface area contributed by atoms with E-state index in [2.05, 4.69) is 170 Å². The molecule has 84 heavy (non-hydrogen) atoms. The summed E-state index contributed by atoms with van der Waals surface area (Å²) in [7, 11) is 2.97. The van der Waals surface area contributed by atoms with Crippen molar-refractivity contribution in [1.82, 2.24) is 15.1 Å². The van der Waals surface area contributed by atoms with Gasteiger partial charge in [-0.05, 0) is 163 Å². The van der Waals surface area contributed by atoms with Gasteiger partial charge in [0.1, 0.15) is 22.2 Å². The van der Waals surface area contributed by atoms with Gasteiger partial charge in [-0.25, -0.2) is 4.58 Å². The summed E-state index contributed by atoms with van der Waals surface area (Å²) < 4.78 is 2.19. The van der Waals surface area contributed by atoms with E-state index in [1.165, 1.54) is 43.4 Å². The highest BCUT2D eigenvalue weighted by atomic mass is 32.1. The summed E-state index contributed by atoms with van der Waals surface area (Å²) in [5.74, 6) is -0.131. The van der Waals surface area contributed by atoms with Gasteiger partial charge in [0.05, 0.1) is 0 Å². The maximum absolute atomic E-state index is 12.8. The summed E-state index contributed by atoms with van der Waals surface area (Å²) >= 11 is 1.81. The van der Waals surface area contributed by atoms with Crippen LogP contribution in [-0.2, 0) is 35.8 Å². The van der Waals surface area contributed by atoms with Gasteiger partial charge >= 0.3 is 14.2 Å². The average Bonchev–Trinajstić information content (AvgIpc) is 1.05. The van der Waals surface area contributed by atoms with Crippen LogP contribution in [0.25, 0.3) is 37.6 Å². The number of hydrogen-bond acceptors (Lipinski definition) is 10. The molecule has 1 aromatic heterocycles. The molecule has 2 heterocycles. The number of amides is 1. The average molecular weight is 1160 g/mol. The molecule has 5 N–H and O–H groups in total. The van der Waals surface area contributed by atoms with Gasteiger partial charge in [0.15, 0.2) is 11.5 Å². The van der Waals surface area contributed by atoms with Crippen LogP contribution >= 0.6 is 11.3 Å². The predicted octanol–water partition coefficient (Wildman–Crippen LogP) is 9.66. The number of rotatable bonds is 24. The van der Waals surface area contributed by atoms with E-state index in [0.717, 1.165) is 60.7 Å². The highest BCUT2D eigenvalue weighted by molar-refractivity contribution is 7.16. The second kappa shape index (κ2) is 27.3. The number of nitrogens with one attached hydrogen (secondary N) is 1. The van der Waals surface area contributed by atoms with Crippen molar-refractivity contribution in [3.63, 3.8) is 0 Å². The fourth-order valence-corrected chi connectivity index (χ4v) is 16.0. The summed E-state index contributed by atoms with van der Waals surface area (Å²) in [6.07, 6.45) is 9.47. The van der Waals surface area contributed by atoms with Gasteiger partial charge in [-0.1, -0.05) is 125 Å². The summed E-state index contributed by atoms with van der Waals surface area (Å²) in [5.41, 5.74) is 13.1. The highest BCUT2D eigenvalue weighted by Crippen LogP contribution is 2.46. The number of allylic oxidation sites excluding steroid dienone is 6. The van der Waals surface area contributed by atoms with Gasteiger partial charge in [-0.3, -0.25) is 19.4 Å². The van der Waals surface area contributed by atoms with Gasteiger partial charge in [0.2, 0.25) is 5.91 Å². The number of carbonyl (C=O) groups excluding carboxylic acids is 2. The first-order chi connectivity index (χ1) is 39.7. The van der Waals surface area contributed by atoms with Crippen LogP contribution in [0.1, 0.15) is 79.7 Å². The van der Waals surface area contributed by atoms with Gasteiger partial charge in [0, 0.05) is 98.5 Å². The van der Waals surface area contributed by atoms with Crippen LogP contribution in [0.5, 0.6) is 0 Å². The zero-order valence-electron chi connectivity index (χ0n) is 49.4. The summed E-state index contributed by atoms with van der Waals surface area (Å²) in [4.78, 5) is 34.7. The Hall–Kier alpha value is -7.04. The third-order valence-corrected chi connectivity index (χ3v) is 21.1. The molecular formula is C69H82B2N5O6SSi+. The molecule has 6 aromatic carbocycles. The van der Waals surface area contributed by atoms with Gasteiger partial charge in [-0.15, -0.1) is 11.3 Å². The van der Waals surface area contributed by atoms with Crippen molar-refractivity contribution in [3.8, 4) is 10.4 Å². The standard InChI is InChI=1S/C68H77B2N5O6SSi.CH4/c1-45(2)62(76)26-17-18-36-74(41-48-20-11-15-24-60(48)69(78)79)44-59-53-23-14-13-22-52(53)58(43-75(37-19-35-71-68(77)46(3)4)42-49-21-12-16-25-61(49)70(80)81)54-30-27-47(38-57(54)59)63-33-34-64(82-63)67-55-31-28-50(72(5)6)39-65(55)83(9,10)66-40-51(73(7)8)29-32-56(66)67;/h11-16,20-25,27-34,38-40,78-81H,1,3,17-19,26,35-37,41-44H2,2,4-10H3;1H4/p+1. The molecule has 0 unspecified atom stereocenters. The van der Waals surface area contributed by atoms with Gasteiger partial charge in [-0.2, -0.15) is 0 Å². The number of unbranched alkanes of at least 4 members (excludes halogenated alkanes) is 1. The largest absolute Gasteiger partial charge is 0.488 e. The molecule has 1 aliphatic heterocycles. The monoisotopic (exact) mass is 1160 g/mol. The van der Waals surface area contributed by atoms with Crippen LogP contribution in [0.15, 0.2) is 175 Å². The number of nitrogens with zero attached hydrogens (tertiary/aromatic N) is 4. The zero-order chi connectivity index (χ0) is 59.3. The molecule has 0 saturated carbocycles. The third kappa shape index (κ3) is 13.9. The lowest BCUT2D eigenvalue weighted by Crippen LogP contribution is -2.49. The SMILES string of the molecule is C.C=C(C)C(=O)CCCCN(Cc1ccccc1B(O)O)Cc1c2ccccc2c(CN(CCCNC(=O)C(=C)C)Cc2ccccc2B(O)O)c2ccc(-c3ccc(C4=C5C=CC(=[N+](C)C)C=C5[Si](C)(C)c5cc(N(C)C)ccc54)s3)cc12. The molecule has 1 aliphatic carbocycles. The quantitative estimate of drug-likeness (QED) is 0.0132. The first-order valence-corrected chi connectivity index (χ1v) is 32.6. The zero-order valence-corrected chi connectivity index (χ0v) is 51.2. The second-order valence-electron chi connectivity index (χ2n) is 23.3. The van der Waals surface area contributed by atoms with E-state index in [9.17, 15) is 29.7 Å². The Bertz CT molecular complexity index is 3780. The van der Waals surface area contributed by atoms with E-state index in [-0.39, 0.29) is 19.1 Å². The van der Waals surface area contributed by atoms with Crippen molar-refractivity contribution >= 4 is 100.0 Å². The fraction of sp³-hybridized carbons (Fsp3) is 0.290. The Morgan fingerprint density at radius 1 is 0.655 bits per heavy atom. The number of benzene rings is 6. The molecule has 0 spiro atoms. The topological polar surface area (TPSA) is 140 Å². The summed E-state index contributed by atoms with van der Waals surface area (Å²) in [6.45, 7) is 19.7. The molecule has 2 aliphatic rings. The van der Waals surface area contributed by atoms with Crippen molar-refractivity contribution < 1.29 is 34.3 Å². The molecule has 0 saturated heterocycles. The van der Waals surface area contributed by atoms with E-state index < -0.39 is 22.3 Å². The molecule has 7 aromatic rings. The molecule has 0 radical (unpaired) electrons. The minimum Gasteiger partial charge on any atom is -0.423 e. The molecule has 1 amide bonds. The van der Waals surface area contributed by atoms with Crippen LogP contribution in [0, 0.1) is 0 Å². The first-order valence-electron chi connectivity index (χ1n) is 28.7. The van der Waals surface area contributed by atoms with Crippen LogP contribution in [0.2, 0.25) is 13.1 Å². The first kappa shape index (κ1) is 63.0. The third-order valence-electron chi connectivity index (χ3n) is 16.5. The van der Waals surface area contributed by atoms with Crippen LogP contribution < -0.4 is 26.3 Å². The smallest absolute Gasteiger partial charge is 0.423 e. The summed E-state index contributed by atoms with van der Waals surface area (Å²) in [6, 6.07) is 41.9. The fourth-order valence-electron chi connectivity index (χ4n) is 11.8. The van der Waals surface area contributed by atoms with E-state index in [0.29, 0.717) is 87.1 Å². The molecular weight excluding hydrogens is 1080 g/mol.